The van der Waals surface area contributed by atoms with Gasteiger partial charge in [0.1, 0.15) is 0 Å². The van der Waals surface area contributed by atoms with Crippen molar-refractivity contribution in [3.05, 3.63) is 23.5 Å². The number of nitrogens with one attached hydrogen (secondary N) is 2. The lowest BCUT2D eigenvalue weighted by Crippen LogP contribution is -2.48. The minimum atomic E-state index is -2.69. The van der Waals surface area contributed by atoms with Gasteiger partial charge in [0.05, 0.1) is 0 Å². The van der Waals surface area contributed by atoms with E-state index < -0.39 is 8.80 Å². The molecule has 0 saturated carbocycles. The normalized spacial score (nSPS) is 16.9. The molecule has 0 bridgehead atoms. The Bertz CT molecular complexity index is 245. The molecular formula is C10H22N2O3Si. The zero-order valence-electron chi connectivity index (χ0n) is 10.9. The number of hydrogen-bond donors (Lipinski definition) is 2. The van der Waals surface area contributed by atoms with Gasteiger partial charge >= 0.3 is 8.80 Å². The van der Waals surface area contributed by atoms with Gasteiger partial charge in [0.2, 0.25) is 0 Å². The fourth-order valence-electron chi connectivity index (χ4n) is 0.568. The molecule has 0 rings (SSSR count). The second kappa shape index (κ2) is 7.45. The van der Waals surface area contributed by atoms with Gasteiger partial charge in [-0.05, 0) is 27.7 Å². The average Bonchev–Trinajstić information content (AvgIpc) is 2.32. The molecule has 0 spiro atoms. The molecular weight excluding hydrogens is 224 g/mol. The summed E-state index contributed by atoms with van der Waals surface area (Å²) < 4.78 is 16.1. The fourth-order valence-corrected chi connectivity index (χ4v) is 1.47. The average molecular weight is 246 g/mol. The maximum atomic E-state index is 5.41. The molecule has 16 heavy (non-hydrogen) atoms. The molecule has 0 radical (unpaired) electrons. The summed E-state index contributed by atoms with van der Waals surface area (Å²) in [5, 5.41) is 0. The van der Waals surface area contributed by atoms with Gasteiger partial charge in [-0.15, -0.1) is 0 Å². The van der Waals surface area contributed by atoms with Gasteiger partial charge in [-0.25, -0.2) is 0 Å². The first kappa shape index (κ1) is 15.2. The minimum Gasteiger partial charge on any atom is -0.375 e. The fraction of sp³-hybridized carbons (Fsp3) is 0.600. The summed E-state index contributed by atoms with van der Waals surface area (Å²) >= 11 is 0. The molecule has 0 aliphatic carbocycles. The van der Waals surface area contributed by atoms with Crippen molar-refractivity contribution in [1.29, 1.82) is 0 Å². The molecule has 0 atom stereocenters. The molecule has 0 unspecified atom stereocenters. The van der Waals surface area contributed by atoms with Gasteiger partial charge < -0.3 is 4.43 Å². The molecule has 5 nitrogen and oxygen atoms in total. The van der Waals surface area contributed by atoms with Gasteiger partial charge in [-0.2, -0.15) is 0 Å². The van der Waals surface area contributed by atoms with Crippen LogP contribution in [0.4, 0.5) is 0 Å². The van der Waals surface area contributed by atoms with Crippen LogP contribution in [0.5, 0.6) is 0 Å². The molecule has 2 N–H and O–H groups in total. The highest BCUT2D eigenvalue weighted by Crippen LogP contribution is 2.06. The Morgan fingerprint density at radius 3 is 1.62 bits per heavy atom. The largest absolute Gasteiger partial charge is 0.541 e. The van der Waals surface area contributed by atoms with E-state index >= 15 is 0 Å². The monoisotopic (exact) mass is 246 g/mol. The Morgan fingerprint density at radius 1 is 1.00 bits per heavy atom. The van der Waals surface area contributed by atoms with Crippen molar-refractivity contribution in [2.24, 2.45) is 0 Å². The van der Waals surface area contributed by atoms with Crippen molar-refractivity contribution in [2.75, 3.05) is 7.11 Å². The Balaban J connectivity index is 4.20. The summed E-state index contributed by atoms with van der Waals surface area (Å²) in [7, 11) is -1.12. The van der Waals surface area contributed by atoms with Crippen LogP contribution in [0.3, 0.4) is 0 Å². The van der Waals surface area contributed by atoms with Crippen LogP contribution in [0.25, 0.3) is 0 Å². The molecule has 94 valence electrons. The van der Waals surface area contributed by atoms with E-state index in [1.165, 1.54) is 0 Å². The smallest absolute Gasteiger partial charge is 0.375 e. The van der Waals surface area contributed by atoms with Gasteiger partial charge in [-0.3, -0.25) is 20.0 Å². The van der Waals surface area contributed by atoms with Crippen LogP contribution in [-0.2, 0) is 13.5 Å². The SMILES string of the molecule is CC=C(C)NO[Si](C)(OC)ONC(C)=CC. The van der Waals surface area contributed by atoms with Crippen molar-refractivity contribution in [1.82, 2.24) is 11.0 Å². The standard InChI is InChI=1S/C10H22N2O3Si/c1-7-9(3)11-14-16(6,13-5)15-12-10(4)8-2/h7-8,11-12H,1-6H3. The van der Waals surface area contributed by atoms with Crippen LogP contribution in [0, 0.1) is 0 Å². The molecule has 0 aromatic heterocycles. The Labute approximate surface area is 98.7 Å². The molecule has 0 aliphatic heterocycles. The van der Waals surface area contributed by atoms with E-state index in [1.54, 1.807) is 13.7 Å². The molecule has 0 aliphatic rings. The summed E-state index contributed by atoms with van der Waals surface area (Å²) in [5.41, 5.74) is 7.37. The highest BCUT2D eigenvalue weighted by Gasteiger charge is 2.35. The summed E-state index contributed by atoms with van der Waals surface area (Å²) in [6.07, 6.45) is 3.80. The highest BCUT2D eigenvalue weighted by molar-refractivity contribution is 6.58. The third-order valence-electron chi connectivity index (χ3n) is 2.03. The summed E-state index contributed by atoms with van der Waals surface area (Å²) in [6.45, 7) is 9.42. The van der Waals surface area contributed by atoms with E-state index in [0.29, 0.717) is 0 Å². The van der Waals surface area contributed by atoms with Crippen LogP contribution >= 0.6 is 0 Å². The molecule has 0 saturated heterocycles. The first-order chi connectivity index (χ1) is 7.47. The van der Waals surface area contributed by atoms with Gasteiger partial charge in [0, 0.05) is 25.1 Å². The van der Waals surface area contributed by atoms with E-state index in [2.05, 4.69) is 11.0 Å². The van der Waals surface area contributed by atoms with Crippen LogP contribution in [-0.4, -0.2) is 15.9 Å². The highest BCUT2D eigenvalue weighted by atomic mass is 28.4. The summed E-state index contributed by atoms with van der Waals surface area (Å²) in [5.74, 6) is 0. The third kappa shape index (κ3) is 5.91. The van der Waals surface area contributed by atoms with Crippen molar-refractivity contribution >= 4 is 8.80 Å². The zero-order chi connectivity index (χ0) is 12.6. The van der Waals surface area contributed by atoms with E-state index in [4.69, 9.17) is 13.5 Å². The maximum absolute atomic E-state index is 5.41. The Kier molecular flexibility index (Phi) is 7.07. The van der Waals surface area contributed by atoms with Crippen LogP contribution < -0.4 is 11.0 Å². The first-order valence-corrected chi connectivity index (χ1v) is 7.39. The number of rotatable bonds is 7. The van der Waals surface area contributed by atoms with Gasteiger partial charge in [0.15, 0.2) is 0 Å². The lowest BCUT2D eigenvalue weighted by Gasteiger charge is -2.24. The molecule has 6 heteroatoms. The van der Waals surface area contributed by atoms with Crippen molar-refractivity contribution in [2.45, 2.75) is 34.2 Å². The van der Waals surface area contributed by atoms with Crippen molar-refractivity contribution in [3.8, 4) is 0 Å². The van der Waals surface area contributed by atoms with E-state index in [-0.39, 0.29) is 0 Å². The summed E-state index contributed by atoms with van der Waals surface area (Å²) in [6, 6.07) is 0. The van der Waals surface area contributed by atoms with Crippen LogP contribution in [0.2, 0.25) is 6.55 Å². The lowest BCUT2D eigenvalue weighted by atomic mass is 10.5. The number of allylic oxidation sites excluding steroid dienone is 4. The third-order valence-corrected chi connectivity index (χ3v) is 3.72. The second-order valence-corrected chi connectivity index (χ2v) is 5.96. The van der Waals surface area contributed by atoms with E-state index in [9.17, 15) is 0 Å². The Hall–Kier alpha value is -0.823. The van der Waals surface area contributed by atoms with Gasteiger partial charge in [0.25, 0.3) is 0 Å². The van der Waals surface area contributed by atoms with Crippen molar-refractivity contribution < 1.29 is 13.5 Å². The minimum absolute atomic E-state index is 0.905. The van der Waals surface area contributed by atoms with E-state index in [0.717, 1.165) is 11.4 Å². The predicted molar refractivity (Wildman–Crippen MR) is 65.9 cm³/mol. The molecule has 0 fully saturated rings. The van der Waals surface area contributed by atoms with Crippen LogP contribution in [0.1, 0.15) is 27.7 Å². The molecule has 0 aromatic rings. The van der Waals surface area contributed by atoms with Crippen LogP contribution in [0.15, 0.2) is 23.5 Å². The predicted octanol–water partition coefficient (Wildman–Crippen LogP) is 2.09. The lowest BCUT2D eigenvalue weighted by molar-refractivity contribution is 0.0233. The number of hydroxylamine groups is 2. The summed E-state index contributed by atoms with van der Waals surface area (Å²) in [4.78, 5) is 0. The number of hydrogen-bond acceptors (Lipinski definition) is 5. The quantitative estimate of drug-likeness (QED) is 0.532. The molecule has 0 amide bonds. The maximum Gasteiger partial charge on any atom is 0.541 e. The Morgan fingerprint density at radius 2 is 1.38 bits per heavy atom. The molecule has 0 heterocycles. The van der Waals surface area contributed by atoms with Gasteiger partial charge in [-0.1, -0.05) is 12.2 Å². The topological polar surface area (TPSA) is 51.8 Å². The molecule has 0 aromatic carbocycles. The van der Waals surface area contributed by atoms with E-state index in [1.807, 2.05) is 39.8 Å². The second-order valence-electron chi connectivity index (χ2n) is 3.42. The van der Waals surface area contributed by atoms with Crippen molar-refractivity contribution in [3.63, 3.8) is 0 Å². The first-order valence-electron chi connectivity index (χ1n) is 5.16. The zero-order valence-corrected chi connectivity index (χ0v) is 11.9.